The first kappa shape index (κ1) is 24.8. The molecule has 0 spiro atoms. The lowest BCUT2D eigenvalue weighted by atomic mass is 9.95. The van der Waals surface area contributed by atoms with Gasteiger partial charge in [0.2, 0.25) is 0 Å². The van der Waals surface area contributed by atoms with Gasteiger partial charge in [-0.05, 0) is 43.1 Å². The van der Waals surface area contributed by atoms with Gasteiger partial charge in [0.25, 0.3) is 0 Å². The van der Waals surface area contributed by atoms with Crippen LogP contribution in [-0.4, -0.2) is 73.6 Å². The zero-order valence-corrected chi connectivity index (χ0v) is 21.8. The molecule has 10 heteroatoms. The van der Waals surface area contributed by atoms with E-state index in [4.69, 9.17) is 4.98 Å². The van der Waals surface area contributed by atoms with Crippen LogP contribution in [0.4, 0.5) is 14.6 Å². The second kappa shape index (κ2) is 10.3. The molecule has 0 bridgehead atoms. The van der Waals surface area contributed by atoms with Crippen LogP contribution >= 0.6 is 0 Å². The molecule has 4 aromatic rings. The molecule has 0 N–H and O–H groups in total. The van der Waals surface area contributed by atoms with Crippen LogP contribution in [0.2, 0.25) is 0 Å². The summed E-state index contributed by atoms with van der Waals surface area (Å²) in [7, 11) is 0. The highest BCUT2D eigenvalue weighted by molar-refractivity contribution is 5.76. The van der Waals surface area contributed by atoms with Crippen LogP contribution in [-0.2, 0) is 6.54 Å². The summed E-state index contributed by atoms with van der Waals surface area (Å²) in [6, 6.07) is 5.25. The molecule has 0 aliphatic carbocycles. The van der Waals surface area contributed by atoms with Gasteiger partial charge < -0.3 is 9.80 Å². The molecule has 0 unspecified atom stereocenters. The minimum Gasteiger partial charge on any atom is -0.349 e. The molecule has 8 nitrogen and oxygen atoms in total. The van der Waals surface area contributed by atoms with Crippen LogP contribution in [0.25, 0.3) is 16.8 Å². The number of anilines is 1. The van der Waals surface area contributed by atoms with Gasteiger partial charge in [-0.15, -0.1) is 0 Å². The Morgan fingerprint density at radius 1 is 0.947 bits per heavy atom. The van der Waals surface area contributed by atoms with Crippen molar-refractivity contribution in [1.82, 2.24) is 34.4 Å². The summed E-state index contributed by atoms with van der Waals surface area (Å²) in [6.45, 7) is 11.0. The van der Waals surface area contributed by atoms with Crippen molar-refractivity contribution in [3.05, 3.63) is 72.1 Å². The van der Waals surface area contributed by atoms with E-state index in [2.05, 4.69) is 43.6 Å². The van der Waals surface area contributed by atoms with E-state index in [9.17, 15) is 8.78 Å². The molecule has 0 saturated carbocycles. The maximum absolute atomic E-state index is 14.7. The Morgan fingerprint density at radius 3 is 2.47 bits per heavy atom. The quantitative estimate of drug-likeness (QED) is 0.379. The third-order valence-corrected chi connectivity index (χ3v) is 7.92. The van der Waals surface area contributed by atoms with Crippen LogP contribution in [0.3, 0.4) is 0 Å². The molecule has 6 rings (SSSR count). The van der Waals surface area contributed by atoms with Crippen LogP contribution < -0.4 is 4.90 Å². The van der Waals surface area contributed by atoms with E-state index < -0.39 is 11.6 Å². The summed E-state index contributed by atoms with van der Waals surface area (Å²) in [5.74, 6) is 0.829. The lowest BCUT2D eigenvalue weighted by Crippen LogP contribution is -2.45. The minimum absolute atomic E-state index is 0.152. The lowest BCUT2D eigenvalue weighted by molar-refractivity contribution is 0.129. The minimum atomic E-state index is -0.436. The molecule has 3 aromatic heterocycles. The average Bonchev–Trinajstić information content (AvgIpc) is 3.54. The number of piperazine rings is 1. The fraction of sp³-hybridized carbons (Fsp3) is 0.429. The summed E-state index contributed by atoms with van der Waals surface area (Å²) in [5.41, 5.74) is 2.71. The van der Waals surface area contributed by atoms with Gasteiger partial charge in [0.05, 0.1) is 18.8 Å². The zero-order valence-electron chi connectivity index (χ0n) is 21.8. The molecule has 0 radical (unpaired) electrons. The molecule has 198 valence electrons. The number of rotatable bonds is 6. The number of fused-ring (bicyclic) bond motifs is 1. The number of aromatic nitrogens is 5. The van der Waals surface area contributed by atoms with Gasteiger partial charge in [0, 0.05) is 68.0 Å². The van der Waals surface area contributed by atoms with Crippen molar-refractivity contribution >= 4 is 11.5 Å². The molecular weight excluding hydrogens is 486 g/mol. The van der Waals surface area contributed by atoms with Crippen molar-refractivity contribution in [1.29, 1.82) is 0 Å². The molecule has 2 aliphatic rings. The van der Waals surface area contributed by atoms with Gasteiger partial charge in [0.1, 0.15) is 23.3 Å². The van der Waals surface area contributed by atoms with Crippen molar-refractivity contribution in [2.45, 2.75) is 32.9 Å². The number of nitrogens with zero attached hydrogens (tertiary/aromatic N) is 8. The first-order valence-corrected chi connectivity index (χ1v) is 13.3. The van der Waals surface area contributed by atoms with Crippen molar-refractivity contribution in [3.63, 3.8) is 0 Å². The van der Waals surface area contributed by atoms with E-state index in [0.29, 0.717) is 23.6 Å². The van der Waals surface area contributed by atoms with E-state index in [0.717, 1.165) is 68.7 Å². The molecule has 2 atom stereocenters. The van der Waals surface area contributed by atoms with Crippen LogP contribution in [0.15, 0.2) is 49.1 Å². The van der Waals surface area contributed by atoms with E-state index in [1.165, 1.54) is 12.1 Å². The Labute approximate surface area is 220 Å². The number of hydrogen-bond donors (Lipinski definition) is 0. The Balaban J connectivity index is 1.25. The summed E-state index contributed by atoms with van der Waals surface area (Å²) < 4.78 is 30.5. The van der Waals surface area contributed by atoms with Crippen LogP contribution in [0, 0.1) is 17.6 Å². The summed E-state index contributed by atoms with van der Waals surface area (Å²) in [6.07, 6.45) is 8.15. The fourth-order valence-corrected chi connectivity index (χ4v) is 5.68. The predicted molar refractivity (Wildman–Crippen MR) is 142 cm³/mol. The molecule has 38 heavy (non-hydrogen) atoms. The van der Waals surface area contributed by atoms with Crippen molar-refractivity contribution in [2.24, 2.45) is 5.92 Å². The standard InChI is InChI=1S/C28H32F2N8/c1-3-35-10-12-36(13-11-35)18-25-31-15-20(16-32-25)23-17-33-38-9-7-26(34-28(23)38)37-8-6-19(2)27(37)22-14-21(29)4-5-24(22)30/h4-5,7,9,14-17,19,27H,3,6,8,10-13,18H2,1-2H3/t19-,27-/m1/s1. The van der Waals surface area contributed by atoms with E-state index in [1.54, 1.807) is 10.7 Å². The molecular formula is C28H32F2N8. The van der Waals surface area contributed by atoms with Crippen LogP contribution in [0.1, 0.15) is 37.7 Å². The first-order valence-electron chi connectivity index (χ1n) is 13.3. The molecule has 2 saturated heterocycles. The normalized spacial score (nSPS) is 21.0. The van der Waals surface area contributed by atoms with Gasteiger partial charge in [-0.2, -0.15) is 5.10 Å². The fourth-order valence-electron chi connectivity index (χ4n) is 5.68. The highest BCUT2D eigenvalue weighted by Gasteiger charge is 2.35. The molecule has 5 heterocycles. The van der Waals surface area contributed by atoms with Gasteiger partial charge in [-0.3, -0.25) is 4.90 Å². The maximum atomic E-state index is 14.7. The zero-order chi connectivity index (χ0) is 26.2. The second-order valence-electron chi connectivity index (χ2n) is 10.3. The predicted octanol–water partition coefficient (Wildman–Crippen LogP) is 4.19. The highest BCUT2D eigenvalue weighted by atomic mass is 19.1. The number of hydrogen-bond acceptors (Lipinski definition) is 7. The first-order chi connectivity index (χ1) is 18.5. The maximum Gasteiger partial charge on any atom is 0.165 e. The SMILES string of the molecule is CCN1CCN(Cc2ncc(-c3cnn4ccc(N5CC[C@@H](C)[C@@H]5c5cc(F)ccc5F)nc34)cn2)CC1. The van der Waals surface area contributed by atoms with E-state index in [-0.39, 0.29) is 12.0 Å². The summed E-state index contributed by atoms with van der Waals surface area (Å²) >= 11 is 0. The van der Waals surface area contributed by atoms with Crippen LogP contribution in [0.5, 0.6) is 0 Å². The largest absolute Gasteiger partial charge is 0.349 e. The summed E-state index contributed by atoms with van der Waals surface area (Å²) in [4.78, 5) is 21.1. The molecule has 2 aliphatic heterocycles. The summed E-state index contributed by atoms with van der Waals surface area (Å²) in [5, 5.41) is 4.47. The molecule has 0 amide bonds. The third kappa shape index (κ3) is 4.74. The van der Waals surface area contributed by atoms with Gasteiger partial charge >= 0.3 is 0 Å². The Hall–Kier alpha value is -3.50. The Morgan fingerprint density at radius 2 is 1.71 bits per heavy atom. The Kier molecular flexibility index (Phi) is 6.75. The number of halogens is 2. The lowest BCUT2D eigenvalue weighted by Gasteiger charge is -2.33. The van der Waals surface area contributed by atoms with Gasteiger partial charge in [-0.1, -0.05) is 13.8 Å². The number of benzene rings is 1. The molecule has 2 fully saturated rings. The van der Waals surface area contributed by atoms with E-state index in [1.807, 2.05) is 24.7 Å². The Bertz CT molecular complexity index is 1410. The van der Waals surface area contributed by atoms with Crippen molar-refractivity contribution in [2.75, 3.05) is 44.2 Å². The van der Waals surface area contributed by atoms with E-state index >= 15 is 0 Å². The van der Waals surface area contributed by atoms with Gasteiger partial charge in [-0.25, -0.2) is 28.2 Å². The van der Waals surface area contributed by atoms with Crippen molar-refractivity contribution in [3.8, 4) is 11.1 Å². The smallest absolute Gasteiger partial charge is 0.165 e. The topological polar surface area (TPSA) is 65.7 Å². The number of likely N-dealkylation sites (N-methyl/N-ethyl adjacent to an activating group) is 1. The molecule has 1 aromatic carbocycles. The highest BCUT2D eigenvalue weighted by Crippen LogP contribution is 2.41. The average molecular weight is 519 g/mol. The van der Waals surface area contributed by atoms with Crippen molar-refractivity contribution < 1.29 is 8.78 Å². The van der Waals surface area contributed by atoms with Gasteiger partial charge in [0.15, 0.2) is 5.65 Å². The second-order valence-corrected chi connectivity index (χ2v) is 10.3. The third-order valence-electron chi connectivity index (χ3n) is 7.92. The monoisotopic (exact) mass is 518 g/mol.